The molecular formula is C24H23N3O2. The lowest BCUT2D eigenvalue weighted by Crippen LogP contribution is -2.35. The van der Waals surface area contributed by atoms with Crippen LogP contribution in [0, 0.1) is 0 Å². The first-order chi connectivity index (χ1) is 14.1. The van der Waals surface area contributed by atoms with Crippen molar-refractivity contribution < 1.29 is 9.59 Å². The molecule has 146 valence electrons. The summed E-state index contributed by atoms with van der Waals surface area (Å²) >= 11 is 0. The van der Waals surface area contributed by atoms with Crippen molar-refractivity contribution in [2.24, 2.45) is 0 Å². The van der Waals surface area contributed by atoms with Crippen LogP contribution in [0.2, 0.25) is 0 Å². The number of nitrogens with zero attached hydrogens (tertiary/aromatic N) is 3. The quantitative estimate of drug-likeness (QED) is 0.683. The van der Waals surface area contributed by atoms with Crippen LogP contribution in [0.4, 0.5) is 5.69 Å². The average molecular weight is 385 g/mol. The van der Waals surface area contributed by atoms with Gasteiger partial charge >= 0.3 is 0 Å². The third-order valence-electron chi connectivity index (χ3n) is 5.19. The molecule has 2 aromatic carbocycles. The summed E-state index contributed by atoms with van der Waals surface area (Å²) in [5.74, 6) is -0.304. The molecule has 2 amide bonds. The molecule has 0 aliphatic carbocycles. The third kappa shape index (κ3) is 4.04. The number of carbonyl (C=O) groups is 2. The number of carbonyl (C=O) groups excluding carboxylic acids is 2. The van der Waals surface area contributed by atoms with Crippen LogP contribution in [0.15, 0.2) is 72.9 Å². The Balaban J connectivity index is 1.54. The third-order valence-corrected chi connectivity index (χ3v) is 5.19. The standard InChI is InChI=1S/C24H23N3O2/c1-26(17-18-8-3-2-4-9-18)24(29)21-16-20(13-14-25-21)23(28)27-15-7-11-19-10-5-6-12-22(19)27/h2-6,8-10,12-14,16H,7,11,15,17H2,1H3. The van der Waals surface area contributed by atoms with Crippen molar-refractivity contribution in [2.75, 3.05) is 18.5 Å². The van der Waals surface area contributed by atoms with Crippen LogP contribution in [0.25, 0.3) is 0 Å². The fourth-order valence-corrected chi connectivity index (χ4v) is 3.71. The zero-order chi connectivity index (χ0) is 20.2. The summed E-state index contributed by atoms with van der Waals surface area (Å²) in [5, 5.41) is 0. The van der Waals surface area contributed by atoms with E-state index < -0.39 is 0 Å². The van der Waals surface area contributed by atoms with Crippen molar-refractivity contribution in [3.63, 3.8) is 0 Å². The van der Waals surface area contributed by atoms with Gasteiger partial charge < -0.3 is 9.80 Å². The van der Waals surface area contributed by atoms with Gasteiger partial charge in [-0.25, -0.2) is 0 Å². The molecule has 1 aromatic heterocycles. The second kappa shape index (κ2) is 8.27. The maximum absolute atomic E-state index is 13.2. The fraction of sp³-hybridized carbons (Fsp3) is 0.208. The van der Waals surface area contributed by atoms with Gasteiger partial charge in [0.25, 0.3) is 11.8 Å². The molecule has 3 aromatic rings. The Morgan fingerprint density at radius 3 is 2.62 bits per heavy atom. The molecule has 0 N–H and O–H groups in total. The van der Waals surface area contributed by atoms with E-state index >= 15 is 0 Å². The van der Waals surface area contributed by atoms with E-state index in [1.807, 2.05) is 48.5 Å². The summed E-state index contributed by atoms with van der Waals surface area (Å²) in [5.41, 5.74) is 3.93. The normalized spacial score (nSPS) is 12.9. The summed E-state index contributed by atoms with van der Waals surface area (Å²) in [7, 11) is 1.74. The molecule has 5 nitrogen and oxygen atoms in total. The monoisotopic (exact) mass is 385 g/mol. The summed E-state index contributed by atoms with van der Waals surface area (Å²) in [4.78, 5) is 33.6. The van der Waals surface area contributed by atoms with Crippen molar-refractivity contribution >= 4 is 17.5 Å². The molecule has 29 heavy (non-hydrogen) atoms. The number of aryl methyl sites for hydroxylation is 1. The highest BCUT2D eigenvalue weighted by molar-refractivity contribution is 6.07. The lowest BCUT2D eigenvalue weighted by Gasteiger charge is -2.29. The van der Waals surface area contributed by atoms with Crippen molar-refractivity contribution in [3.8, 4) is 0 Å². The second-order valence-electron chi connectivity index (χ2n) is 7.27. The molecule has 4 rings (SSSR count). The van der Waals surface area contributed by atoms with Crippen LogP contribution in [-0.4, -0.2) is 35.3 Å². The van der Waals surface area contributed by atoms with Gasteiger partial charge in [0, 0.05) is 37.6 Å². The van der Waals surface area contributed by atoms with Gasteiger partial charge in [-0.1, -0.05) is 48.5 Å². The van der Waals surface area contributed by atoms with Crippen LogP contribution in [0.3, 0.4) is 0 Å². The zero-order valence-corrected chi connectivity index (χ0v) is 16.4. The van der Waals surface area contributed by atoms with Gasteiger partial charge in [0.1, 0.15) is 5.69 Å². The van der Waals surface area contributed by atoms with Gasteiger partial charge in [-0.2, -0.15) is 0 Å². The van der Waals surface area contributed by atoms with E-state index in [1.54, 1.807) is 29.0 Å². The summed E-state index contributed by atoms with van der Waals surface area (Å²) in [6.45, 7) is 1.16. The van der Waals surface area contributed by atoms with E-state index in [1.165, 1.54) is 11.8 Å². The van der Waals surface area contributed by atoms with Crippen molar-refractivity contribution in [1.82, 2.24) is 9.88 Å². The van der Waals surface area contributed by atoms with E-state index in [9.17, 15) is 9.59 Å². The number of fused-ring (bicyclic) bond motifs is 1. The Labute approximate surface area is 170 Å². The SMILES string of the molecule is CN(Cc1ccccc1)C(=O)c1cc(C(=O)N2CCCc3ccccc32)ccn1. The number of rotatable bonds is 4. The van der Waals surface area contributed by atoms with Gasteiger partial charge in [0.2, 0.25) is 0 Å². The molecule has 1 aliphatic rings. The highest BCUT2D eigenvalue weighted by Gasteiger charge is 2.24. The lowest BCUT2D eigenvalue weighted by molar-refractivity contribution is 0.0779. The number of hydrogen-bond acceptors (Lipinski definition) is 3. The average Bonchev–Trinajstić information content (AvgIpc) is 2.78. The predicted molar refractivity (Wildman–Crippen MR) is 113 cm³/mol. The number of hydrogen-bond donors (Lipinski definition) is 0. The Kier molecular flexibility index (Phi) is 5.38. The summed E-state index contributed by atoms with van der Waals surface area (Å²) < 4.78 is 0. The maximum Gasteiger partial charge on any atom is 0.272 e. The number of benzene rings is 2. The molecule has 0 unspecified atom stereocenters. The largest absolute Gasteiger partial charge is 0.336 e. The highest BCUT2D eigenvalue weighted by atomic mass is 16.2. The van der Waals surface area contributed by atoms with Gasteiger partial charge in [-0.05, 0) is 42.2 Å². The zero-order valence-electron chi connectivity index (χ0n) is 16.4. The first-order valence-electron chi connectivity index (χ1n) is 9.79. The maximum atomic E-state index is 13.2. The summed E-state index contributed by atoms with van der Waals surface area (Å²) in [6.07, 6.45) is 3.44. The Bertz CT molecular complexity index is 1030. The lowest BCUT2D eigenvalue weighted by atomic mass is 10.0. The molecule has 0 radical (unpaired) electrons. The highest BCUT2D eigenvalue weighted by Crippen LogP contribution is 2.28. The minimum Gasteiger partial charge on any atom is -0.336 e. The minimum atomic E-state index is -0.206. The molecule has 2 heterocycles. The Morgan fingerprint density at radius 2 is 1.79 bits per heavy atom. The first kappa shape index (κ1) is 18.9. The van der Waals surface area contributed by atoms with Crippen LogP contribution >= 0.6 is 0 Å². The molecule has 5 heteroatoms. The minimum absolute atomic E-state index is 0.0979. The fourth-order valence-electron chi connectivity index (χ4n) is 3.71. The van der Waals surface area contributed by atoms with Crippen LogP contribution in [-0.2, 0) is 13.0 Å². The second-order valence-corrected chi connectivity index (χ2v) is 7.27. The van der Waals surface area contributed by atoms with Gasteiger partial charge in [0.15, 0.2) is 0 Å². The van der Waals surface area contributed by atoms with Gasteiger partial charge in [0.05, 0.1) is 0 Å². The van der Waals surface area contributed by atoms with Crippen molar-refractivity contribution in [1.29, 1.82) is 0 Å². The number of para-hydroxylation sites is 1. The van der Waals surface area contributed by atoms with Crippen LogP contribution in [0.5, 0.6) is 0 Å². The molecule has 0 atom stereocenters. The molecule has 1 aliphatic heterocycles. The molecule has 0 fully saturated rings. The number of aromatic nitrogens is 1. The van der Waals surface area contributed by atoms with E-state index in [4.69, 9.17) is 0 Å². The number of anilines is 1. The van der Waals surface area contributed by atoms with Crippen molar-refractivity contribution in [2.45, 2.75) is 19.4 Å². The molecule has 0 spiro atoms. The van der Waals surface area contributed by atoms with E-state index in [0.29, 0.717) is 18.7 Å². The van der Waals surface area contributed by atoms with E-state index in [2.05, 4.69) is 11.1 Å². The topological polar surface area (TPSA) is 53.5 Å². The molecular weight excluding hydrogens is 362 g/mol. The Morgan fingerprint density at radius 1 is 1.03 bits per heavy atom. The molecule has 0 bridgehead atoms. The van der Waals surface area contributed by atoms with Crippen LogP contribution < -0.4 is 4.90 Å². The smallest absolute Gasteiger partial charge is 0.272 e. The summed E-state index contributed by atoms with van der Waals surface area (Å²) in [6, 6.07) is 21.1. The first-order valence-corrected chi connectivity index (χ1v) is 9.79. The predicted octanol–water partition coefficient (Wildman–Crippen LogP) is 3.95. The Hall–Kier alpha value is -3.47. The van der Waals surface area contributed by atoms with Gasteiger partial charge in [-0.3, -0.25) is 14.6 Å². The van der Waals surface area contributed by atoms with E-state index in [0.717, 1.165) is 24.1 Å². The van der Waals surface area contributed by atoms with Gasteiger partial charge in [-0.15, -0.1) is 0 Å². The van der Waals surface area contributed by atoms with Crippen molar-refractivity contribution in [3.05, 3.63) is 95.3 Å². The molecule has 0 saturated carbocycles. The van der Waals surface area contributed by atoms with Crippen LogP contribution in [0.1, 0.15) is 38.4 Å². The molecule has 0 saturated heterocycles. The van der Waals surface area contributed by atoms with E-state index in [-0.39, 0.29) is 17.5 Å². The number of amides is 2. The number of pyridine rings is 1.